The number of aliphatic hydroxyl groups excluding tert-OH is 1. The van der Waals surface area contributed by atoms with E-state index in [4.69, 9.17) is 0 Å². The molecule has 1 aromatic rings. The molecule has 20 heavy (non-hydrogen) atoms. The summed E-state index contributed by atoms with van der Waals surface area (Å²) in [5.74, 6) is 1.74. The van der Waals surface area contributed by atoms with E-state index < -0.39 is 0 Å². The number of rotatable bonds is 5. The number of thioether (sulfide) groups is 1. The Bertz CT molecular complexity index is 427. The van der Waals surface area contributed by atoms with Gasteiger partial charge in [0, 0.05) is 37.3 Å². The van der Waals surface area contributed by atoms with Gasteiger partial charge in [-0.05, 0) is 37.3 Å². The zero-order valence-corrected chi connectivity index (χ0v) is 12.7. The highest BCUT2D eigenvalue weighted by atomic mass is 32.2. The molecule has 1 aliphatic heterocycles. The molecule has 0 radical (unpaired) electrons. The van der Waals surface area contributed by atoms with Crippen LogP contribution < -0.4 is 0 Å². The first kappa shape index (κ1) is 15.3. The molecular formula is C15H22N2O2S. The van der Waals surface area contributed by atoms with Gasteiger partial charge in [-0.2, -0.15) is 0 Å². The van der Waals surface area contributed by atoms with E-state index in [1.807, 2.05) is 23.2 Å². The second-order valence-corrected chi connectivity index (χ2v) is 6.36. The Balaban J connectivity index is 1.79. The fourth-order valence-corrected chi connectivity index (χ4v) is 3.35. The average molecular weight is 294 g/mol. The van der Waals surface area contributed by atoms with Crippen molar-refractivity contribution in [2.24, 2.45) is 5.92 Å². The van der Waals surface area contributed by atoms with Crippen LogP contribution >= 0.6 is 11.8 Å². The summed E-state index contributed by atoms with van der Waals surface area (Å²) >= 11 is 1.63. The maximum atomic E-state index is 12.3. The third-order valence-electron chi connectivity index (χ3n) is 3.78. The summed E-state index contributed by atoms with van der Waals surface area (Å²) in [5.41, 5.74) is 1.14. The molecule has 0 aromatic carbocycles. The molecule has 1 aromatic heterocycles. The SMILES string of the molecule is CC1CCC(CO)CN1C(=O)CSCc1cccnc1. The van der Waals surface area contributed by atoms with Gasteiger partial charge in [-0.15, -0.1) is 11.8 Å². The topological polar surface area (TPSA) is 53.4 Å². The molecule has 1 aliphatic rings. The van der Waals surface area contributed by atoms with Crippen molar-refractivity contribution in [3.63, 3.8) is 0 Å². The van der Waals surface area contributed by atoms with Gasteiger partial charge in [0.25, 0.3) is 0 Å². The molecule has 1 amide bonds. The second-order valence-electron chi connectivity index (χ2n) is 5.38. The van der Waals surface area contributed by atoms with Gasteiger partial charge in [0.1, 0.15) is 0 Å². The van der Waals surface area contributed by atoms with Crippen LogP contribution in [0.4, 0.5) is 0 Å². The number of nitrogens with zero attached hydrogens (tertiary/aromatic N) is 2. The van der Waals surface area contributed by atoms with Crippen LogP contribution in [0.25, 0.3) is 0 Å². The van der Waals surface area contributed by atoms with Crippen molar-refractivity contribution in [2.75, 3.05) is 18.9 Å². The van der Waals surface area contributed by atoms with Crippen molar-refractivity contribution in [1.82, 2.24) is 9.88 Å². The number of carbonyl (C=O) groups excluding carboxylic acids is 1. The first-order valence-corrected chi connectivity index (χ1v) is 8.23. The van der Waals surface area contributed by atoms with Crippen molar-refractivity contribution in [3.8, 4) is 0 Å². The quantitative estimate of drug-likeness (QED) is 0.901. The van der Waals surface area contributed by atoms with Gasteiger partial charge in [-0.1, -0.05) is 6.07 Å². The summed E-state index contributed by atoms with van der Waals surface area (Å²) in [6.07, 6.45) is 5.60. The van der Waals surface area contributed by atoms with Crippen LogP contribution in [-0.4, -0.2) is 45.8 Å². The molecule has 0 aliphatic carbocycles. The van der Waals surface area contributed by atoms with Gasteiger partial charge in [-0.25, -0.2) is 0 Å². The molecular weight excluding hydrogens is 272 g/mol. The van der Waals surface area contributed by atoms with Gasteiger partial charge >= 0.3 is 0 Å². The predicted molar refractivity (Wildman–Crippen MR) is 81.4 cm³/mol. The van der Waals surface area contributed by atoms with E-state index in [0.717, 1.165) is 24.2 Å². The number of piperidine rings is 1. The van der Waals surface area contributed by atoms with Crippen molar-refractivity contribution in [3.05, 3.63) is 30.1 Å². The second kappa shape index (κ2) is 7.64. The summed E-state index contributed by atoms with van der Waals surface area (Å²) in [6.45, 7) is 2.97. The first-order chi connectivity index (χ1) is 9.70. The molecule has 0 spiro atoms. The minimum atomic E-state index is 0.180. The molecule has 1 N–H and O–H groups in total. The molecule has 0 saturated carbocycles. The number of hydrogen-bond acceptors (Lipinski definition) is 4. The number of amides is 1. The minimum Gasteiger partial charge on any atom is -0.396 e. The number of hydrogen-bond donors (Lipinski definition) is 1. The van der Waals surface area contributed by atoms with E-state index in [9.17, 15) is 9.90 Å². The summed E-state index contributed by atoms with van der Waals surface area (Å²) in [4.78, 5) is 18.3. The molecule has 0 bridgehead atoms. The number of pyridine rings is 1. The highest BCUT2D eigenvalue weighted by molar-refractivity contribution is 7.99. The molecule has 110 valence electrons. The van der Waals surface area contributed by atoms with Crippen LogP contribution in [0.15, 0.2) is 24.5 Å². The monoisotopic (exact) mass is 294 g/mol. The van der Waals surface area contributed by atoms with Crippen LogP contribution in [0.3, 0.4) is 0 Å². The van der Waals surface area contributed by atoms with Crippen molar-refractivity contribution < 1.29 is 9.90 Å². The zero-order valence-electron chi connectivity index (χ0n) is 11.9. The van der Waals surface area contributed by atoms with Crippen molar-refractivity contribution in [2.45, 2.75) is 31.6 Å². The van der Waals surface area contributed by atoms with E-state index in [2.05, 4.69) is 11.9 Å². The Morgan fingerprint density at radius 1 is 1.55 bits per heavy atom. The third-order valence-corrected chi connectivity index (χ3v) is 4.76. The molecule has 1 fully saturated rings. The van der Waals surface area contributed by atoms with Crippen LogP contribution in [0, 0.1) is 5.92 Å². The lowest BCUT2D eigenvalue weighted by Crippen LogP contribution is -2.47. The highest BCUT2D eigenvalue weighted by Crippen LogP contribution is 2.23. The van der Waals surface area contributed by atoms with E-state index in [-0.39, 0.29) is 18.4 Å². The lowest BCUT2D eigenvalue weighted by Gasteiger charge is -2.37. The van der Waals surface area contributed by atoms with Gasteiger partial charge < -0.3 is 10.0 Å². The number of aliphatic hydroxyl groups is 1. The Kier molecular flexibility index (Phi) is 5.86. The number of likely N-dealkylation sites (tertiary alicyclic amines) is 1. The smallest absolute Gasteiger partial charge is 0.232 e. The third kappa shape index (κ3) is 4.21. The van der Waals surface area contributed by atoms with Crippen molar-refractivity contribution in [1.29, 1.82) is 0 Å². The van der Waals surface area contributed by atoms with Gasteiger partial charge in [-0.3, -0.25) is 9.78 Å². The summed E-state index contributed by atoms with van der Waals surface area (Å²) < 4.78 is 0. The lowest BCUT2D eigenvalue weighted by atomic mass is 9.94. The first-order valence-electron chi connectivity index (χ1n) is 7.07. The standard InChI is InChI=1S/C15H22N2O2S/c1-12-4-5-14(9-18)8-17(12)15(19)11-20-10-13-3-2-6-16-7-13/h2-3,6-7,12,14,18H,4-5,8-11H2,1H3. The summed E-state index contributed by atoms with van der Waals surface area (Å²) in [6, 6.07) is 4.23. The van der Waals surface area contributed by atoms with E-state index >= 15 is 0 Å². The van der Waals surface area contributed by atoms with Gasteiger partial charge in [0.15, 0.2) is 0 Å². The van der Waals surface area contributed by atoms with Crippen molar-refractivity contribution >= 4 is 17.7 Å². The summed E-state index contributed by atoms with van der Waals surface area (Å²) in [7, 11) is 0. The van der Waals surface area contributed by atoms with E-state index in [1.54, 1.807) is 18.0 Å². The largest absolute Gasteiger partial charge is 0.396 e. The molecule has 2 unspecified atom stereocenters. The lowest BCUT2D eigenvalue weighted by molar-refractivity contribution is -0.133. The number of aromatic nitrogens is 1. The van der Waals surface area contributed by atoms with Crippen LogP contribution in [0.2, 0.25) is 0 Å². The van der Waals surface area contributed by atoms with Gasteiger partial charge in [0.2, 0.25) is 5.91 Å². The minimum absolute atomic E-state index is 0.180. The molecule has 2 rings (SSSR count). The fourth-order valence-electron chi connectivity index (χ4n) is 2.50. The number of carbonyl (C=O) groups is 1. The van der Waals surface area contributed by atoms with Crippen LogP contribution in [0.1, 0.15) is 25.3 Å². The molecule has 4 nitrogen and oxygen atoms in total. The predicted octanol–water partition coefficient (Wildman–Crippen LogP) is 1.93. The van der Waals surface area contributed by atoms with E-state index in [0.29, 0.717) is 18.3 Å². The fraction of sp³-hybridized carbons (Fsp3) is 0.600. The Morgan fingerprint density at radius 2 is 2.40 bits per heavy atom. The Morgan fingerprint density at radius 3 is 3.10 bits per heavy atom. The van der Waals surface area contributed by atoms with E-state index in [1.165, 1.54) is 0 Å². The normalized spacial score (nSPS) is 22.8. The average Bonchev–Trinajstić information content (AvgIpc) is 2.48. The maximum Gasteiger partial charge on any atom is 0.232 e. The van der Waals surface area contributed by atoms with Crippen LogP contribution in [0.5, 0.6) is 0 Å². The van der Waals surface area contributed by atoms with Crippen LogP contribution in [-0.2, 0) is 10.5 Å². The maximum absolute atomic E-state index is 12.3. The Hall–Kier alpha value is -1.07. The molecule has 1 saturated heterocycles. The molecule has 5 heteroatoms. The summed E-state index contributed by atoms with van der Waals surface area (Å²) in [5, 5.41) is 9.25. The highest BCUT2D eigenvalue weighted by Gasteiger charge is 2.28. The molecule has 2 heterocycles. The van der Waals surface area contributed by atoms with Gasteiger partial charge in [0.05, 0.1) is 5.75 Å². The molecule has 2 atom stereocenters. The Labute approximate surface area is 124 Å². The zero-order chi connectivity index (χ0) is 14.4.